The molecule has 0 aromatic heterocycles. The van der Waals surface area contributed by atoms with Gasteiger partial charge in [0.15, 0.2) is 12.4 Å². The molecule has 7 unspecified atom stereocenters. The molecule has 238 valence electrons. The van der Waals surface area contributed by atoms with Crippen LogP contribution in [0.5, 0.6) is 0 Å². The summed E-state index contributed by atoms with van der Waals surface area (Å²) in [5.74, 6) is -2.15. The molecule has 0 aromatic carbocycles. The molecule has 0 bridgehead atoms. The Morgan fingerprint density at radius 1 is 1.00 bits per heavy atom. The largest absolute Gasteiger partial charge is 0.481 e. The molecule has 0 saturated heterocycles. The predicted molar refractivity (Wildman–Crippen MR) is 154 cm³/mol. The van der Waals surface area contributed by atoms with Gasteiger partial charge in [-0.05, 0) is 99.4 Å². The Hall–Kier alpha value is -2.59. The lowest BCUT2D eigenvalue weighted by Gasteiger charge is -2.60. The fourth-order valence-electron chi connectivity index (χ4n) is 9.66. The van der Waals surface area contributed by atoms with Crippen LogP contribution >= 0.6 is 0 Å². The molecule has 7 atom stereocenters. The number of nitrogens with one attached hydrogen (secondary N) is 1. The van der Waals surface area contributed by atoms with E-state index in [2.05, 4.69) is 12.2 Å². The Balaban J connectivity index is 1.11. The van der Waals surface area contributed by atoms with Gasteiger partial charge in [0, 0.05) is 24.8 Å². The summed E-state index contributed by atoms with van der Waals surface area (Å²) in [7, 11) is 0. The molecule has 0 aromatic rings. The van der Waals surface area contributed by atoms with Gasteiger partial charge in [-0.15, -0.1) is 0 Å². The maximum Gasteiger partial charge on any atom is 0.306 e. The van der Waals surface area contributed by atoms with Gasteiger partial charge in [-0.1, -0.05) is 19.4 Å². The monoisotopic (exact) mass is 601 g/mol. The number of hydrogen-bond donors (Lipinski definition) is 4. The number of fused-ring (bicyclic) bond motifs is 5. The molecule has 0 radical (unpaired) electrons. The van der Waals surface area contributed by atoms with Crippen molar-refractivity contribution >= 4 is 29.4 Å². The van der Waals surface area contributed by atoms with Crippen LogP contribution in [0.4, 0.5) is 0 Å². The number of aliphatic hydroxyl groups excluding tert-OH is 1. The van der Waals surface area contributed by atoms with Crippen LogP contribution in [0.15, 0.2) is 11.6 Å². The summed E-state index contributed by atoms with van der Waals surface area (Å²) in [6.45, 7) is 3.91. The van der Waals surface area contributed by atoms with E-state index < -0.39 is 41.4 Å². The van der Waals surface area contributed by atoms with Gasteiger partial charge in [-0.2, -0.15) is 0 Å². The Morgan fingerprint density at radius 3 is 2.42 bits per heavy atom. The second-order valence-corrected chi connectivity index (χ2v) is 14.4. The van der Waals surface area contributed by atoms with Crippen LogP contribution in [-0.2, 0) is 28.7 Å². The quantitative estimate of drug-likeness (QED) is 0.290. The van der Waals surface area contributed by atoms with E-state index in [0.29, 0.717) is 38.6 Å². The van der Waals surface area contributed by atoms with Gasteiger partial charge >= 0.3 is 11.9 Å². The second-order valence-electron chi connectivity index (χ2n) is 14.4. The number of carboxylic acids is 1. The van der Waals surface area contributed by atoms with E-state index in [9.17, 15) is 34.2 Å². The van der Waals surface area contributed by atoms with E-state index in [0.717, 1.165) is 31.3 Å². The summed E-state index contributed by atoms with van der Waals surface area (Å²) in [4.78, 5) is 61.3. The predicted octanol–water partition coefficient (Wildman–Crippen LogP) is 3.12. The van der Waals surface area contributed by atoms with Crippen molar-refractivity contribution in [1.29, 1.82) is 0 Å². The summed E-state index contributed by atoms with van der Waals surface area (Å²) >= 11 is 0. The molecule has 4 N–H and O–H groups in total. The molecule has 0 spiro atoms. The molecule has 0 heterocycles. The zero-order chi connectivity index (χ0) is 31.2. The number of allylic oxidation sites excluding steroid dienone is 1. The zero-order valence-corrected chi connectivity index (χ0v) is 25.4. The lowest BCUT2D eigenvalue weighted by Crippen LogP contribution is -2.62. The number of hydrogen-bond acceptors (Lipinski definition) is 8. The van der Waals surface area contributed by atoms with Crippen LogP contribution in [0.2, 0.25) is 0 Å². The minimum atomic E-state index is -1.72. The summed E-state index contributed by atoms with van der Waals surface area (Å²) in [6, 6.07) is 0. The van der Waals surface area contributed by atoms with E-state index in [1.54, 1.807) is 6.08 Å². The average molecular weight is 602 g/mol. The molecule has 1 amide bonds. The normalized spacial score (nSPS) is 40.4. The van der Waals surface area contributed by atoms with E-state index in [1.165, 1.54) is 0 Å². The van der Waals surface area contributed by atoms with Crippen LogP contribution in [0.1, 0.15) is 97.3 Å². The minimum absolute atomic E-state index is 0.0279. The van der Waals surface area contributed by atoms with Crippen LogP contribution < -0.4 is 5.32 Å². The van der Waals surface area contributed by atoms with Crippen molar-refractivity contribution in [2.24, 2.45) is 40.4 Å². The van der Waals surface area contributed by atoms with Crippen LogP contribution in [0.3, 0.4) is 0 Å². The number of carbonyl (C=O) groups is 5. The van der Waals surface area contributed by atoms with Crippen molar-refractivity contribution in [3.8, 4) is 0 Å². The Labute approximate surface area is 253 Å². The van der Waals surface area contributed by atoms with Crippen LogP contribution in [0, 0.1) is 40.4 Å². The molecule has 5 aliphatic rings. The number of esters is 1. The van der Waals surface area contributed by atoms with Gasteiger partial charge in [0.05, 0.1) is 18.4 Å². The van der Waals surface area contributed by atoms with Crippen LogP contribution in [-0.4, -0.2) is 69.6 Å². The molecule has 10 nitrogen and oxygen atoms in total. The standard InChI is InChI=1S/C33H47NO9/c1-31-13-11-22(35)15-21(31)7-8-23-24-12-14-33(42,32(24,2)16-25(36)29(23)31)26(37)18-43-28(39)10-9-27(38)34-17-19-3-5-20(6-4-19)30(40)41/h15,19-20,23-25,29,36,42H,3-14,16-18H2,1-2H3,(H,34,38)(H,40,41). The highest BCUT2D eigenvalue weighted by molar-refractivity contribution is 5.92. The first-order chi connectivity index (χ1) is 20.3. The lowest BCUT2D eigenvalue weighted by molar-refractivity contribution is -0.184. The fraction of sp³-hybridized carbons (Fsp3) is 0.788. The maximum atomic E-state index is 13.4. The summed E-state index contributed by atoms with van der Waals surface area (Å²) in [5.41, 5.74) is -1.71. The van der Waals surface area contributed by atoms with E-state index in [4.69, 9.17) is 9.84 Å². The van der Waals surface area contributed by atoms with Crippen molar-refractivity contribution in [3.63, 3.8) is 0 Å². The Kier molecular flexibility index (Phi) is 8.93. The SMILES string of the molecule is CC12CCC(=O)C=C1CCC1C2C(O)CC2(C)C1CCC2(O)C(=O)COC(=O)CCC(=O)NCC1CCC(C(=O)O)CC1. The number of rotatable bonds is 9. The summed E-state index contributed by atoms with van der Waals surface area (Å²) < 4.78 is 5.23. The summed E-state index contributed by atoms with van der Waals surface area (Å²) in [6.07, 6.45) is 7.39. The van der Waals surface area contributed by atoms with E-state index in [-0.39, 0.29) is 72.4 Å². The highest BCUT2D eigenvalue weighted by Gasteiger charge is 2.68. The van der Waals surface area contributed by atoms with Crippen molar-refractivity contribution in [1.82, 2.24) is 5.32 Å². The first-order valence-corrected chi connectivity index (χ1v) is 16.1. The molecular formula is C33H47NO9. The lowest BCUT2D eigenvalue weighted by atomic mass is 9.45. The first kappa shape index (κ1) is 31.8. The van der Waals surface area contributed by atoms with Crippen LogP contribution in [0.25, 0.3) is 0 Å². The van der Waals surface area contributed by atoms with Crippen molar-refractivity contribution in [3.05, 3.63) is 11.6 Å². The summed E-state index contributed by atoms with van der Waals surface area (Å²) in [5, 5.41) is 35.3. The molecule has 4 fully saturated rings. The minimum Gasteiger partial charge on any atom is -0.481 e. The van der Waals surface area contributed by atoms with Crippen molar-refractivity contribution in [2.45, 2.75) is 109 Å². The number of amides is 1. The molecule has 5 rings (SSSR count). The fourth-order valence-corrected chi connectivity index (χ4v) is 9.66. The van der Waals surface area contributed by atoms with Gasteiger partial charge in [0.2, 0.25) is 11.7 Å². The molecular weight excluding hydrogens is 554 g/mol. The van der Waals surface area contributed by atoms with Gasteiger partial charge in [0.25, 0.3) is 0 Å². The first-order valence-electron chi connectivity index (χ1n) is 16.1. The van der Waals surface area contributed by atoms with Crippen molar-refractivity contribution in [2.75, 3.05) is 13.2 Å². The molecule has 4 saturated carbocycles. The zero-order valence-electron chi connectivity index (χ0n) is 25.4. The maximum absolute atomic E-state index is 13.4. The number of ether oxygens (including phenoxy) is 1. The number of aliphatic hydroxyl groups is 2. The van der Waals surface area contributed by atoms with E-state index in [1.807, 2.05) is 6.92 Å². The number of Topliss-reactive ketones (excluding diaryl/α,β-unsaturated/α-hetero) is 1. The third-order valence-corrected chi connectivity index (χ3v) is 12.2. The molecule has 0 aliphatic heterocycles. The van der Waals surface area contributed by atoms with Gasteiger partial charge < -0.3 is 25.4 Å². The average Bonchev–Trinajstić information content (AvgIpc) is 3.24. The van der Waals surface area contributed by atoms with Crippen molar-refractivity contribution < 1.29 is 44.0 Å². The van der Waals surface area contributed by atoms with Gasteiger partial charge in [0.1, 0.15) is 5.60 Å². The van der Waals surface area contributed by atoms with E-state index >= 15 is 0 Å². The highest BCUT2D eigenvalue weighted by atomic mass is 16.5. The second kappa shape index (κ2) is 12.1. The molecule has 5 aliphatic carbocycles. The number of carbonyl (C=O) groups excluding carboxylic acids is 4. The Morgan fingerprint density at radius 2 is 1.72 bits per heavy atom. The number of ketones is 2. The number of aliphatic carboxylic acids is 1. The third kappa shape index (κ3) is 5.81. The molecule has 43 heavy (non-hydrogen) atoms. The smallest absolute Gasteiger partial charge is 0.306 e. The molecule has 10 heteroatoms. The van der Waals surface area contributed by atoms with Gasteiger partial charge in [-0.3, -0.25) is 24.0 Å². The highest BCUT2D eigenvalue weighted by Crippen LogP contribution is 2.67. The Bertz CT molecular complexity index is 1190. The third-order valence-electron chi connectivity index (χ3n) is 12.2. The van der Waals surface area contributed by atoms with Gasteiger partial charge in [-0.25, -0.2) is 0 Å². The number of carboxylic acid groups (broad SMARTS) is 1. The topological polar surface area (TPSA) is 167 Å².